The van der Waals surface area contributed by atoms with Gasteiger partial charge < -0.3 is 10.2 Å². The summed E-state index contributed by atoms with van der Waals surface area (Å²) in [5.74, 6) is 2.33. The van der Waals surface area contributed by atoms with Crippen molar-refractivity contribution >= 4 is 11.8 Å². The zero-order valence-electron chi connectivity index (χ0n) is 11.5. The summed E-state index contributed by atoms with van der Waals surface area (Å²) in [6.07, 6.45) is 6.31. The summed E-state index contributed by atoms with van der Waals surface area (Å²) in [5, 5.41) is 2.79. The first-order chi connectivity index (χ1) is 9.69. The number of terminal acetylenes is 1. The number of piperazine rings is 1. The van der Waals surface area contributed by atoms with Crippen molar-refractivity contribution in [2.75, 3.05) is 6.54 Å². The Morgan fingerprint density at radius 3 is 2.60 bits per heavy atom. The van der Waals surface area contributed by atoms with Crippen LogP contribution in [0.3, 0.4) is 0 Å². The van der Waals surface area contributed by atoms with Crippen LogP contribution in [-0.2, 0) is 9.59 Å². The highest BCUT2D eigenvalue weighted by Crippen LogP contribution is 2.26. The van der Waals surface area contributed by atoms with Crippen LogP contribution in [0.4, 0.5) is 0 Å². The van der Waals surface area contributed by atoms with Gasteiger partial charge in [-0.05, 0) is 12.0 Å². The molecule has 4 nitrogen and oxygen atoms in total. The summed E-state index contributed by atoms with van der Waals surface area (Å²) < 4.78 is 0. The quantitative estimate of drug-likeness (QED) is 0.843. The molecule has 0 radical (unpaired) electrons. The summed E-state index contributed by atoms with van der Waals surface area (Å²) in [6.45, 7) is 2.28. The molecule has 1 heterocycles. The Labute approximate surface area is 119 Å². The van der Waals surface area contributed by atoms with Gasteiger partial charge in [-0.2, -0.15) is 0 Å². The lowest BCUT2D eigenvalue weighted by Crippen LogP contribution is -2.59. The number of carbonyl (C=O) groups is 2. The SMILES string of the molecule is C#CCCN1C(=O)C(CC)NC(=O)C1c1ccccc1. The van der Waals surface area contributed by atoms with E-state index in [1.54, 1.807) is 4.90 Å². The normalized spacial score (nSPS) is 22.3. The van der Waals surface area contributed by atoms with E-state index in [1.165, 1.54) is 0 Å². The fourth-order valence-corrected chi connectivity index (χ4v) is 2.45. The zero-order chi connectivity index (χ0) is 14.5. The van der Waals surface area contributed by atoms with E-state index >= 15 is 0 Å². The van der Waals surface area contributed by atoms with Crippen LogP contribution in [0, 0.1) is 12.3 Å². The molecule has 1 aromatic rings. The predicted molar refractivity (Wildman–Crippen MR) is 76.6 cm³/mol. The van der Waals surface area contributed by atoms with Crippen molar-refractivity contribution < 1.29 is 9.59 Å². The lowest BCUT2D eigenvalue weighted by atomic mass is 9.98. The first kappa shape index (κ1) is 14.1. The van der Waals surface area contributed by atoms with Gasteiger partial charge in [-0.1, -0.05) is 37.3 Å². The van der Waals surface area contributed by atoms with E-state index in [-0.39, 0.29) is 11.8 Å². The number of hydrogen-bond acceptors (Lipinski definition) is 2. The average Bonchev–Trinajstić information content (AvgIpc) is 2.48. The molecule has 1 aromatic carbocycles. The Morgan fingerprint density at radius 2 is 2.00 bits per heavy atom. The van der Waals surface area contributed by atoms with E-state index < -0.39 is 12.1 Å². The van der Waals surface area contributed by atoms with E-state index in [9.17, 15) is 9.59 Å². The molecule has 0 spiro atoms. The van der Waals surface area contributed by atoms with Crippen LogP contribution in [0.2, 0.25) is 0 Å². The van der Waals surface area contributed by atoms with Crippen LogP contribution in [-0.4, -0.2) is 29.3 Å². The van der Waals surface area contributed by atoms with Crippen molar-refractivity contribution in [3.8, 4) is 12.3 Å². The van der Waals surface area contributed by atoms with Gasteiger partial charge in [0.05, 0.1) is 0 Å². The van der Waals surface area contributed by atoms with Gasteiger partial charge in [0.15, 0.2) is 0 Å². The molecule has 2 unspecified atom stereocenters. The Morgan fingerprint density at radius 1 is 1.30 bits per heavy atom. The monoisotopic (exact) mass is 270 g/mol. The molecule has 1 N–H and O–H groups in total. The fraction of sp³-hybridized carbons (Fsp3) is 0.375. The summed E-state index contributed by atoms with van der Waals surface area (Å²) >= 11 is 0. The first-order valence-corrected chi connectivity index (χ1v) is 6.78. The van der Waals surface area contributed by atoms with Gasteiger partial charge >= 0.3 is 0 Å². The highest BCUT2D eigenvalue weighted by molar-refractivity contribution is 5.97. The molecular weight excluding hydrogens is 252 g/mol. The number of benzene rings is 1. The number of rotatable bonds is 4. The zero-order valence-corrected chi connectivity index (χ0v) is 11.5. The number of hydrogen-bond donors (Lipinski definition) is 1. The van der Waals surface area contributed by atoms with Crippen LogP contribution in [0.25, 0.3) is 0 Å². The molecule has 1 aliphatic heterocycles. The van der Waals surface area contributed by atoms with Gasteiger partial charge in [-0.3, -0.25) is 9.59 Å². The summed E-state index contributed by atoms with van der Waals surface area (Å²) in [7, 11) is 0. The molecule has 0 aliphatic carbocycles. The van der Waals surface area contributed by atoms with Crippen molar-refractivity contribution in [2.45, 2.75) is 31.8 Å². The van der Waals surface area contributed by atoms with Crippen LogP contribution < -0.4 is 5.32 Å². The highest BCUT2D eigenvalue weighted by Gasteiger charge is 2.39. The lowest BCUT2D eigenvalue weighted by molar-refractivity contribution is -0.149. The van der Waals surface area contributed by atoms with Crippen LogP contribution in [0.1, 0.15) is 31.4 Å². The predicted octanol–water partition coefficient (Wildman–Crippen LogP) is 1.49. The fourth-order valence-electron chi connectivity index (χ4n) is 2.45. The van der Waals surface area contributed by atoms with Crippen molar-refractivity contribution in [1.29, 1.82) is 0 Å². The molecule has 0 saturated carbocycles. The van der Waals surface area contributed by atoms with E-state index in [1.807, 2.05) is 37.3 Å². The van der Waals surface area contributed by atoms with E-state index in [0.29, 0.717) is 19.4 Å². The molecule has 0 bridgehead atoms. The minimum Gasteiger partial charge on any atom is -0.342 e. The first-order valence-electron chi connectivity index (χ1n) is 6.78. The molecule has 1 saturated heterocycles. The molecule has 4 heteroatoms. The van der Waals surface area contributed by atoms with E-state index in [4.69, 9.17) is 6.42 Å². The maximum absolute atomic E-state index is 12.4. The topological polar surface area (TPSA) is 49.4 Å². The molecule has 0 aromatic heterocycles. The molecule has 1 aliphatic rings. The third-order valence-corrected chi connectivity index (χ3v) is 3.48. The number of carbonyl (C=O) groups excluding carboxylic acids is 2. The second-order valence-corrected chi connectivity index (χ2v) is 4.77. The van der Waals surface area contributed by atoms with Crippen molar-refractivity contribution in [3.05, 3.63) is 35.9 Å². The van der Waals surface area contributed by atoms with Crippen molar-refractivity contribution in [3.63, 3.8) is 0 Å². The van der Waals surface area contributed by atoms with Crippen LogP contribution in [0.15, 0.2) is 30.3 Å². The van der Waals surface area contributed by atoms with Crippen LogP contribution >= 0.6 is 0 Å². The van der Waals surface area contributed by atoms with Gasteiger partial charge in [0.2, 0.25) is 11.8 Å². The molecule has 20 heavy (non-hydrogen) atoms. The van der Waals surface area contributed by atoms with Gasteiger partial charge in [0.25, 0.3) is 0 Å². The Kier molecular flexibility index (Phi) is 4.41. The molecule has 2 atom stereocenters. The molecule has 2 rings (SSSR count). The minimum atomic E-state index is -0.583. The maximum Gasteiger partial charge on any atom is 0.248 e. The molecular formula is C16H18N2O2. The summed E-state index contributed by atoms with van der Waals surface area (Å²) in [4.78, 5) is 26.4. The van der Waals surface area contributed by atoms with Crippen LogP contribution in [0.5, 0.6) is 0 Å². The Balaban J connectivity index is 2.33. The second-order valence-electron chi connectivity index (χ2n) is 4.77. The second kappa shape index (κ2) is 6.25. The molecule has 1 fully saturated rings. The standard InChI is InChI=1S/C16H18N2O2/c1-3-5-11-18-14(12-9-7-6-8-10-12)15(19)17-13(4-2)16(18)20/h1,6-10,13-14H,4-5,11H2,2H3,(H,17,19). The summed E-state index contributed by atoms with van der Waals surface area (Å²) in [6, 6.07) is 8.28. The van der Waals surface area contributed by atoms with E-state index in [2.05, 4.69) is 11.2 Å². The Hall–Kier alpha value is -2.28. The smallest absolute Gasteiger partial charge is 0.248 e. The maximum atomic E-state index is 12.4. The third-order valence-electron chi connectivity index (χ3n) is 3.48. The number of nitrogens with zero attached hydrogens (tertiary/aromatic N) is 1. The largest absolute Gasteiger partial charge is 0.342 e. The van der Waals surface area contributed by atoms with Gasteiger partial charge in [0.1, 0.15) is 12.1 Å². The van der Waals surface area contributed by atoms with Gasteiger partial charge in [0, 0.05) is 13.0 Å². The van der Waals surface area contributed by atoms with Crippen molar-refractivity contribution in [1.82, 2.24) is 10.2 Å². The summed E-state index contributed by atoms with van der Waals surface area (Å²) in [5.41, 5.74) is 0.810. The highest BCUT2D eigenvalue weighted by atomic mass is 16.2. The third kappa shape index (κ3) is 2.67. The lowest BCUT2D eigenvalue weighted by Gasteiger charge is -2.38. The van der Waals surface area contributed by atoms with Gasteiger partial charge in [-0.25, -0.2) is 0 Å². The van der Waals surface area contributed by atoms with Gasteiger partial charge in [-0.15, -0.1) is 12.3 Å². The molecule has 104 valence electrons. The Bertz CT molecular complexity index is 533. The number of amides is 2. The van der Waals surface area contributed by atoms with Crippen molar-refractivity contribution in [2.24, 2.45) is 0 Å². The number of nitrogens with one attached hydrogen (secondary N) is 1. The molecule has 2 amide bonds. The minimum absolute atomic E-state index is 0.0591. The average molecular weight is 270 g/mol. The van der Waals surface area contributed by atoms with E-state index in [0.717, 1.165) is 5.56 Å².